The molecule has 3 aromatic rings. The van der Waals surface area contributed by atoms with Crippen LogP contribution in [0.1, 0.15) is 34.5 Å². The van der Waals surface area contributed by atoms with Crippen molar-refractivity contribution in [3.05, 3.63) is 83.8 Å². The Morgan fingerprint density at radius 3 is 2.55 bits per heavy atom. The molecule has 1 aromatic heterocycles. The van der Waals surface area contributed by atoms with Gasteiger partial charge in [0.2, 0.25) is 5.91 Å². The summed E-state index contributed by atoms with van der Waals surface area (Å²) in [5.41, 5.74) is 2.08. The number of carbonyl (C=O) groups excluding carboxylic acids is 2. The minimum absolute atomic E-state index is 0.0666. The third kappa shape index (κ3) is 5.62. The highest BCUT2D eigenvalue weighted by Gasteiger charge is 2.32. The highest BCUT2D eigenvalue weighted by molar-refractivity contribution is 6.05. The van der Waals surface area contributed by atoms with Crippen LogP contribution in [0.25, 0.3) is 0 Å². The Hall–Kier alpha value is -3.58. The molecule has 7 heteroatoms. The summed E-state index contributed by atoms with van der Waals surface area (Å²) in [6.07, 6.45) is 3.73. The zero-order valence-corrected chi connectivity index (χ0v) is 19.0. The summed E-state index contributed by atoms with van der Waals surface area (Å²) in [5, 5.41) is 2.85. The van der Waals surface area contributed by atoms with E-state index in [1.165, 1.54) is 0 Å². The quantitative estimate of drug-likeness (QED) is 0.511. The van der Waals surface area contributed by atoms with Gasteiger partial charge in [-0.2, -0.15) is 0 Å². The number of nitrogens with zero attached hydrogens (tertiary/aromatic N) is 2. The molecular weight excluding hydrogens is 418 g/mol. The van der Waals surface area contributed by atoms with Crippen LogP contribution >= 0.6 is 0 Å². The molecule has 172 valence electrons. The van der Waals surface area contributed by atoms with Crippen LogP contribution in [0.15, 0.2) is 71.3 Å². The molecule has 0 radical (unpaired) electrons. The van der Waals surface area contributed by atoms with Crippen molar-refractivity contribution < 1.29 is 18.7 Å². The Balaban J connectivity index is 1.45. The number of ether oxygens (including phenoxy) is 1. The van der Waals surface area contributed by atoms with Crippen LogP contribution in [0.4, 0.5) is 5.69 Å². The SMILES string of the molecule is COc1ccccc1CN(CC(=O)N(C)c1ccccc1C(=O)NCc1ccco1)C1CC1. The van der Waals surface area contributed by atoms with Gasteiger partial charge >= 0.3 is 0 Å². The summed E-state index contributed by atoms with van der Waals surface area (Å²) in [6.45, 7) is 1.19. The monoisotopic (exact) mass is 447 g/mol. The lowest BCUT2D eigenvalue weighted by molar-refractivity contribution is -0.119. The highest BCUT2D eigenvalue weighted by Crippen LogP contribution is 2.30. The summed E-state index contributed by atoms with van der Waals surface area (Å²) in [6, 6.07) is 19.0. The Morgan fingerprint density at radius 1 is 1.06 bits per heavy atom. The van der Waals surface area contributed by atoms with Gasteiger partial charge in [-0.3, -0.25) is 14.5 Å². The van der Waals surface area contributed by atoms with E-state index in [0.29, 0.717) is 29.6 Å². The molecule has 1 heterocycles. The number of carbonyl (C=O) groups is 2. The number of nitrogens with one attached hydrogen (secondary N) is 1. The minimum Gasteiger partial charge on any atom is -0.496 e. The number of likely N-dealkylation sites (N-methyl/N-ethyl adjacent to an activating group) is 1. The highest BCUT2D eigenvalue weighted by atomic mass is 16.5. The van der Waals surface area contributed by atoms with Crippen LogP contribution in [0.5, 0.6) is 5.75 Å². The van der Waals surface area contributed by atoms with Crippen molar-refractivity contribution >= 4 is 17.5 Å². The molecule has 1 fully saturated rings. The van der Waals surface area contributed by atoms with Crippen LogP contribution in [-0.4, -0.2) is 43.5 Å². The van der Waals surface area contributed by atoms with E-state index in [4.69, 9.17) is 9.15 Å². The van der Waals surface area contributed by atoms with Crippen LogP contribution in [0.3, 0.4) is 0 Å². The Bertz CT molecular complexity index is 1090. The molecule has 0 spiro atoms. The lowest BCUT2D eigenvalue weighted by atomic mass is 10.1. The van der Waals surface area contributed by atoms with Gasteiger partial charge in [0.05, 0.1) is 37.7 Å². The van der Waals surface area contributed by atoms with Crippen molar-refractivity contribution in [1.29, 1.82) is 0 Å². The first-order valence-electron chi connectivity index (χ1n) is 11.1. The summed E-state index contributed by atoms with van der Waals surface area (Å²) < 4.78 is 10.8. The Morgan fingerprint density at radius 2 is 1.82 bits per heavy atom. The number of benzene rings is 2. The topological polar surface area (TPSA) is 75.0 Å². The number of anilines is 1. The van der Waals surface area contributed by atoms with Crippen molar-refractivity contribution in [3.8, 4) is 5.75 Å². The number of hydrogen-bond donors (Lipinski definition) is 1. The number of rotatable bonds is 10. The Kier molecular flexibility index (Phi) is 7.10. The predicted molar refractivity (Wildman–Crippen MR) is 126 cm³/mol. The molecule has 0 aliphatic heterocycles. The molecule has 1 aliphatic carbocycles. The molecule has 1 N–H and O–H groups in total. The zero-order valence-electron chi connectivity index (χ0n) is 19.0. The molecule has 0 atom stereocenters. The molecular formula is C26H29N3O4. The van der Waals surface area contributed by atoms with Gasteiger partial charge in [0.25, 0.3) is 5.91 Å². The number of hydrogen-bond acceptors (Lipinski definition) is 5. The van der Waals surface area contributed by atoms with Crippen LogP contribution < -0.4 is 15.0 Å². The Labute approximate surface area is 193 Å². The first-order chi connectivity index (χ1) is 16.1. The fraction of sp³-hybridized carbons (Fsp3) is 0.308. The third-order valence-electron chi connectivity index (χ3n) is 5.85. The van der Waals surface area contributed by atoms with Gasteiger partial charge in [-0.25, -0.2) is 0 Å². The normalized spacial score (nSPS) is 13.1. The van der Waals surface area contributed by atoms with Gasteiger partial charge in [-0.15, -0.1) is 0 Å². The van der Waals surface area contributed by atoms with Crippen LogP contribution in [0.2, 0.25) is 0 Å². The zero-order chi connectivity index (χ0) is 23.2. The predicted octanol–water partition coefficient (Wildman–Crippen LogP) is 3.85. The lowest BCUT2D eigenvalue weighted by Gasteiger charge is -2.26. The summed E-state index contributed by atoms with van der Waals surface area (Å²) in [5.74, 6) is 1.17. The lowest BCUT2D eigenvalue weighted by Crippen LogP contribution is -2.40. The minimum atomic E-state index is -0.255. The second-order valence-electron chi connectivity index (χ2n) is 8.18. The van der Waals surface area contributed by atoms with Crippen LogP contribution in [0, 0.1) is 0 Å². The number of furan rings is 1. The summed E-state index contributed by atoms with van der Waals surface area (Å²) in [7, 11) is 3.38. The average molecular weight is 448 g/mol. The van der Waals surface area contributed by atoms with Crippen molar-refractivity contribution in [2.24, 2.45) is 0 Å². The van der Waals surface area contributed by atoms with Crippen molar-refractivity contribution in [1.82, 2.24) is 10.2 Å². The first kappa shape index (κ1) is 22.6. The molecule has 2 amide bonds. The van der Waals surface area contributed by atoms with Gasteiger partial charge in [0.15, 0.2) is 0 Å². The standard InChI is InChI=1S/C26H29N3O4/c1-28(23-11-5-4-10-22(23)26(31)27-16-21-9-7-15-33-21)25(30)18-29(20-13-14-20)17-19-8-3-6-12-24(19)32-2/h3-12,15,20H,13-14,16-18H2,1-2H3,(H,27,31). The van der Waals surface area contributed by atoms with Crippen molar-refractivity contribution in [3.63, 3.8) is 0 Å². The molecule has 4 rings (SSSR count). The van der Waals surface area contributed by atoms with E-state index < -0.39 is 0 Å². The fourth-order valence-electron chi connectivity index (χ4n) is 3.85. The average Bonchev–Trinajstić information content (AvgIpc) is 3.57. The number of para-hydroxylation sites is 2. The molecule has 1 aliphatic rings. The van der Waals surface area contributed by atoms with E-state index >= 15 is 0 Å². The van der Waals surface area contributed by atoms with Gasteiger partial charge in [0.1, 0.15) is 11.5 Å². The number of amides is 2. The third-order valence-corrected chi connectivity index (χ3v) is 5.85. The van der Waals surface area contributed by atoms with E-state index in [2.05, 4.69) is 10.2 Å². The molecule has 0 bridgehead atoms. The maximum Gasteiger partial charge on any atom is 0.253 e. The molecule has 1 saturated carbocycles. The van der Waals surface area contributed by atoms with Gasteiger partial charge in [-0.05, 0) is 43.2 Å². The van der Waals surface area contributed by atoms with Gasteiger partial charge in [0, 0.05) is 25.2 Å². The smallest absolute Gasteiger partial charge is 0.253 e. The maximum absolute atomic E-state index is 13.3. The summed E-state index contributed by atoms with van der Waals surface area (Å²) >= 11 is 0. The molecule has 2 aromatic carbocycles. The molecule has 7 nitrogen and oxygen atoms in total. The van der Waals surface area contributed by atoms with E-state index in [9.17, 15) is 9.59 Å². The van der Waals surface area contributed by atoms with E-state index in [0.717, 1.165) is 24.2 Å². The van der Waals surface area contributed by atoms with Crippen molar-refractivity contribution in [2.75, 3.05) is 25.6 Å². The van der Waals surface area contributed by atoms with Gasteiger partial charge in [-0.1, -0.05) is 30.3 Å². The van der Waals surface area contributed by atoms with Gasteiger partial charge < -0.3 is 19.4 Å². The summed E-state index contributed by atoms with van der Waals surface area (Å²) in [4.78, 5) is 29.8. The fourth-order valence-corrected chi connectivity index (χ4v) is 3.85. The second kappa shape index (κ2) is 10.4. The van der Waals surface area contributed by atoms with E-state index in [1.54, 1.807) is 55.7 Å². The van der Waals surface area contributed by atoms with Crippen LogP contribution in [-0.2, 0) is 17.9 Å². The number of methoxy groups -OCH3 is 1. The van der Waals surface area contributed by atoms with Crippen molar-refractivity contribution in [2.45, 2.75) is 32.0 Å². The second-order valence-corrected chi connectivity index (χ2v) is 8.18. The molecule has 33 heavy (non-hydrogen) atoms. The first-order valence-corrected chi connectivity index (χ1v) is 11.1. The molecule has 0 unspecified atom stereocenters. The van der Waals surface area contributed by atoms with E-state index in [-0.39, 0.29) is 24.9 Å². The van der Waals surface area contributed by atoms with E-state index in [1.807, 2.05) is 30.3 Å². The molecule has 0 saturated heterocycles. The largest absolute Gasteiger partial charge is 0.496 e. The maximum atomic E-state index is 13.3.